The van der Waals surface area contributed by atoms with E-state index in [-0.39, 0.29) is 11.5 Å². The highest BCUT2D eigenvalue weighted by Crippen LogP contribution is 2.33. The Balaban J connectivity index is 2.44. The van der Waals surface area contributed by atoms with Crippen LogP contribution in [0.4, 0.5) is 11.4 Å². The zero-order valence-electron chi connectivity index (χ0n) is 17.5. The van der Waals surface area contributed by atoms with E-state index >= 15 is 0 Å². The molecule has 0 amide bonds. The van der Waals surface area contributed by atoms with Crippen LogP contribution in [0.15, 0.2) is 60.7 Å². The fraction of sp³-hybridized carbons (Fsp3) is 0.400. The second kappa shape index (κ2) is 8.91. The van der Waals surface area contributed by atoms with Gasteiger partial charge in [0, 0.05) is 17.4 Å². The molecule has 0 saturated heterocycles. The summed E-state index contributed by atoms with van der Waals surface area (Å²) >= 11 is 0. The van der Waals surface area contributed by atoms with Gasteiger partial charge in [0.25, 0.3) is 0 Å². The summed E-state index contributed by atoms with van der Waals surface area (Å²) in [5, 5.41) is 9.19. The highest BCUT2D eigenvalue weighted by molar-refractivity contribution is 5.68. The molecular weight excluding hydrogens is 328 g/mol. The van der Waals surface area contributed by atoms with Gasteiger partial charge < -0.3 is 4.90 Å². The standard InChI is InChI=1S/C25H32N2/c1-7-22(25(4,5)6)15-13-20(3)27(23-11-9-8-10-12-23)24-16-14-21(18-26)17-19(24)2/h8-17,20,22H,7H2,1-6H3/b15-13-. The van der Waals surface area contributed by atoms with Crippen molar-refractivity contribution in [1.82, 2.24) is 0 Å². The summed E-state index contributed by atoms with van der Waals surface area (Å²) in [6, 6.07) is 18.8. The number of aryl methyl sites for hydroxylation is 1. The molecule has 0 N–H and O–H groups in total. The highest BCUT2D eigenvalue weighted by Gasteiger charge is 2.22. The fourth-order valence-corrected chi connectivity index (χ4v) is 3.60. The monoisotopic (exact) mass is 360 g/mol. The maximum absolute atomic E-state index is 9.19. The molecule has 142 valence electrons. The van der Waals surface area contributed by atoms with Crippen LogP contribution in [0.25, 0.3) is 0 Å². The Labute approximate surface area is 165 Å². The zero-order valence-corrected chi connectivity index (χ0v) is 17.5. The van der Waals surface area contributed by atoms with E-state index in [2.05, 4.69) is 95.0 Å². The van der Waals surface area contributed by atoms with E-state index in [0.29, 0.717) is 11.5 Å². The van der Waals surface area contributed by atoms with Crippen LogP contribution in [0, 0.1) is 29.6 Å². The lowest BCUT2D eigenvalue weighted by Gasteiger charge is -2.32. The average molecular weight is 361 g/mol. The van der Waals surface area contributed by atoms with Crippen LogP contribution >= 0.6 is 0 Å². The molecule has 2 heteroatoms. The maximum Gasteiger partial charge on any atom is 0.0991 e. The van der Waals surface area contributed by atoms with E-state index in [9.17, 15) is 5.26 Å². The lowest BCUT2D eigenvalue weighted by molar-refractivity contribution is 0.285. The van der Waals surface area contributed by atoms with Gasteiger partial charge in [-0.3, -0.25) is 0 Å². The van der Waals surface area contributed by atoms with E-state index in [4.69, 9.17) is 0 Å². The van der Waals surface area contributed by atoms with Crippen LogP contribution in [0.2, 0.25) is 0 Å². The van der Waals surface area contributed by atoms with E-state index in [0.717, 1.165) is 23.4 Å². The second-order valence-electron chi connectivity index (χ2n) is 8.32. The average Bonchev–Trinajstić information content (AvgIpc) is 2.63. The van der Waals surface area contributed by atoms with Gasteiger partial charge in [0.1, 0.15) is 0 Å². The Morgan fingerprint density at radius 1 is 1.07 bits per heavy atom. The molecule has 0 bridgehead atoms. The zero-order chi connectivity index (χ0) is 20.0. The smallest absolute Gasteiger partial charge is 0.0991 e. The molecule has 0 aliphatic carbocycles. The van der Waals surface area contributed by atoms with E-state index in [1.807, 2.05) is 18.2 Å². The van der Waals surface area contributed by atoms with Gasteiger partial charge >= 0.3 is 0 Å². The van der Waals surface area contributed by atoms with Crippen LogP contribution in [-0.4, -0.2) is 6.04 Å². The third kappa shape index (κ3) is 5.23. The van der Waals surface area contributed by atoms with Crippen molar-refractivity contribution in [1.29, 1.82) is 5.26 Å². The first-order chi connectivity index (χ1) is 12.8. The minimum Gasteiger partial charge on any atom is -0.335 e. The Hall–Kier alpha value is -2.53. The summed E-state index contributed by atoms with van der Waals surface area (Å²) in [6.07, 6.45) is 5.83. The summed E-state index contributed by atoms with van der Waals surface area (Å²) in [5.74, 6) is 0.541. The number of para-hydroxylation sites is 1. The molecule has 2 aromatic rings. The number of anilines is 2. The Kier molecular flexibility index (Phi) is 6.86. The molecule has 2 atom stereocenters. The minimum absolute atomic E-state index is 0.204. The van der Waals surface area contributed by atoms with Crippen molar-refractivity contribution < 1.29 is 0 Å². The first-order valence-electron chi connectivity index (χ1n) is 9.81. The van der Waals surface area contributed by atoms with E-state index < -0.39 is 0 Å². The first-order valence-corrected chi connectivity index (χ1v) is 9.81. The number of hydrogen-bond donors (Lipinski definition) is 0. The highest BCUT2D eigenvalue weighted by atomic mass is 15.2. The molecule has 0 fully saturated rings. The Morgan fingerprint density at radius 3 is 2.26 bits per heavy atom. The van der Waals surface area contributed by atoms with Gasteiger partial charge in [0.2, 0.25) is 0 Å². The van der Waals surface area contributed by atoms with Gasteiger partial charge in [-0.25, -0.2) is 0 Å². The predicted molar refractivity (Wildman–Crippen MR) is 116 cm³/mol. The molecule has 2 unspecified atom stereocenters. The molecule has 0 radical (unpaired) electrons. The van der Waals surface area contributed by atoms with Crippen molar-refractivity contribution in [3.63, 3.8) is 0 Å². The largest absolute Gasteiger partial charge is 0.335 e. The quantitative estimate of drug-likeness (QED) is 0.517. The molecule has 2 rings (SSSR count). The van der Waals surface area contributed by atoms with Crippen molar-refractivity contribution in [2.45, 2.75) is 54.0 Å². The third-order valence-electron chi connectivity index (χ3n) is 5.20. The van der Waals surface area contributed by atoms with Gasteiger partial charge in [-0.1, -0.05) is 58.0 Å². The van der Waals surface area contributed by atoms with Gasteiger partial charge in [0.15, 0.2) is 0 Å². The molecule has 0 aromatic heterocycles. The number of allylic oxidation sites excluding steroid dienone is 1. The maximum atomic E-state index is 9.19. The Bertz CT molecular complexity index is 806. The van der Waals surface area contributed by atoms with Crippen molar-refractivity contribution in [3.05, 3.63) is 71.8 Å². The SMILES string of the molecule is CCC(/C=C\C(C)N(c1ccccc1)c1ccc(C#N)cc1C)C(C)(C)C. The van der Waals surface area contributed by atoms with Crippen LogP contribution in [-0.2, 0) is 0 Å². The van der Waals surface area contributed by atoms with Gasteiger partial charge in [-0.2, -0.15) is 5.26 Å². The summed E-state index contributed by atoms with van der Waals surface area (Å²) in [5.41, 5.74) is 4.37. The lowest BCUT2D eigenvalue weighted by atomic mass is 9.79. The van der Waals surface area contributed by atoms with Gasteiger partial charge in [-0.15, -0.1) is 0 Å². The van der Waals surface area contributed by atoms with Crippen LogP contribution in [0.3, 0.4) is 0 Å². The van der Waals surface area contributed by atoms with Gasteiger partial charge in [-0.05, 0) is 67.5 Å². The molecule has 0 aliphatic heterocycles. The van der Waals surface area contributed by atoms with Crippen molar-refractivity contribution in [2.24, 2.45) is 11.3 Å². The summed E-state index contributed by atoms with van der Waals surface area (Å²) in [7, 11) is 0. The number of benzene rings is 2. The van der Waals surface area contributed by atoms with Crippen molar-refractivity contribution in [3.8, 4) is 6.07 Å². The summed E-state index contributed by atoms with van der Waals surface area (Å²) < 4.78 is 0. The number of nitriles is 1. The summed E-state index contributed by atoms with van der Waals surface area (Å²) in [4.78, 5) is 2.35. The van der Waals surface area contributed by atoms with Crippen LogP contribution in [0.1, 0.15) is 52.2 Å². The molecule has 27 heavy (non-hydrogen) atoms. The lowest BCUT2D eigenvalue weighted by Crippen LogP contribution is -2.28. The van der Waals surface area contributed by atoms with Crippen LogP contribution < -0.4 is 4.90 Å². The second-order valence-corrected chi connectivity index (χ2v) is 8.32. The molecule has 0 aliphatic rings. The third-order valence-corrected chi connectivity index (χ3v) is 5.20. The van der Waals surface area contributed by atoms with Crippen molar-refractivity contribution >= 4 is 11.4 Å². The topological polar surface area (TPSA) is 27.0 Å². The minimum atomic E-state index is 0.204. The number of nitrogens with zero attached hydrogens (tertiary/aromatic N) is 2. The molecule has 0 saturated carbocycles. The van der Waals surface area contributed by atoms with E-state index in [1.54, 1.807) is 0 Å². The van der Waals surface area contributed by atoms with E-state index in [1.165, 1.54) is 0 Å². The molecule has 0 spiro atoms. The fourth-order valence-electron chi connectivity index (χ4n) is 3.60. The van der Waals surface area contributed by atoms with Crippen LogP contribution in [0.5, 0.6) is 0 Å². The summed E-state index contributed by atoms with van der Waals surface area (Å²) in [6.45, 7) is 13.5. The predicted octanol–water partition coefficient (Wildman–Crippen LogP) is 7.02. The normalized spacial score (nSPS) is 14.0. The van der Waals surface area contributed by atoms with Crippen molar-refractivity contribution in [2.75, 3.05) is 4.90 Å². The number of hydrogen-bond acceptors (Lipinski definition) is 2. The first kappa shape index (κ1) is 20.8. The molecule has 2 aromatic carbocycles. The van der Waals surface area contributed by atoms with Gasteiger partial charge in [0.05, 0.1) is 11.6 Å². The molecule has 2 nitrogen and oxygen atoms in total. The Morgan fingerprint density at radius 2 is 1.74 bits per heavy atom. The molecule has 0 heterocycles. The number of rotatable bonds is 6. The molecular formula is C25H32N2.